The van der Waals surface area contributed by atoms with Gasteiger partial charge in [0, 0.05) is 12.1 Å². The number of nitrogens with zero attached hydrogens (tertiary/aromatic N) is 3. The van der Waals surface area contributed by atoms with E-state index in [0.29, 0.717) is 22.5 Å². The molecular weight excluding hydrogens is 470 g/mol. The van der Waals surface area contributed by atoms with Crippen molar-refractivity contribution in [1.29, 1.82) is 0 Å². The van der Waals surface area contributed by atoms with E-state index >= 15 is 0 Å². The van der Waals surface area contributed by atoms with Crippen molar-refractivity contribution in [2.75, 3.05) is 17.3 Å². The lowest BCUT2D eigenvalue weighted by atomic mass is 10.1. The van der Waals surface area contributed by atoms with E-state index < -0.39 is 9.84 Å². The van der Waals surface area contributed by atoms with Gasteiger partial charge in [-0.1, -0.05) is 42.1 Å². The molecule has 2 fully saturated rings. The van der Waals surface area contributed by atoms with Crippen molar-refractivity contribution >= 4 is 38.4 Å². The standard InChI is InChI=1S/C25H27N3O4S2/c1-16-6-5-7-17(2)23(16)28-24(30)20-8-3-4-9-21(20)26-25(28)33-14-22(29)27(18-10-11-18)19-12-13-34(31,32)15-19/h3-9,18-19H,10-15H2,1-2H3. The highest BCUT2D eigenvalue weighted by Crippen LogP contribution is 2.33. The number of amides is 1. The van der Waals surface area contributed by atoms with Crippen LogP contribution in [0.5, 0.6) is 0 Å². The third-order valence-corrected chi connectivity index (χ3v) is 9.24. The van der Waals surface area contributed by atoms with E-state index in [9.17, 15) is 18.0 Å². The van der Waals surface area contributed by atoms with Crippen molar-refractivity contribution in [2.24, 2.45) is 0 Å². The predicted molar refractivity (Wildman–Crippen MR) is 134 cm³/mol. The van der Waals surface area contributed by atoms with Crippen molar-refractivity contribution in [3.8, 4) is 5.69 Å². The number of aryl methyl sites for hydroxylation is 2. The van der Waals surface area contributed by atoms with E-state index in [4.69, 9.17) is 4.98 Å². The fourth-order valence-corrected chi connectivity index (χ4v) is 7.40. The Hall–Kier alpha value is -2.65. The van der Waals surface area contributed by atoms with Gasteiger partial charge >= 0.3 is 0 Å². The zero-order valence-corrected chi connectivity index (χ0v) is 20.9. The zero-order valence-electron chi connectivity index (χ0n) is 19.2. The quantitative estimate of drug-likeness (QED) is 0.384. The minimum atomic E-state index is -3.09. The van der Waals surface area contributed by atoms with Crippen LogP contribution in [0.25, 0.3) is 16.6 Å². The van der Waals surface area contributed by atoms with Gasteiger partial charge < -0.3 is 4.90 Å². The molecule has 1 amide bonds. The summed E-state index contributed by atoms with van der Waals surface area (Å²) in [4.78, 5) is 33.5. The Morgan fingerprint density at radius 3 is 2.41 bits per heavy atom. The van der Waals surface area contributed by atoms with E-state index in [1.807, 2.05) is 44.2 Å². The Bertz CT molecular complexity index is 1420. The fourth-order valence-electron chi connectivity index (χ4n) is 4.82. The Labute approximate surface area is 203 Å². The van der Waals surface area contributed by atoms with E-state index in [1.165, 1.54) is 11.8 Å². The Balaban J connectivity index is 1.51. The lowest BCUT2D eigenvalue weighted by Crippen LogP contribution is -2.43. The summed E-state index contributed by atoms with van der Waals surface area (Å²) in [6.45, 7) is 3.91. The molecule has 34 heavy (non-hydrogen) atoms. The molecule has 7 nitrogen and oxygen atoms in total. The van der Waals surface area contributed by atoms with E-state index in [-0.39, 0.29) is 40.8 Å². The predicted octanol–water partition coefficient (Wildman–Crippen LogP) is 3.27. The topological polar surface area (TPSA) is 89.3 Å². The number of rotatable bonds is 6. The largest absolute Gasteiger partial charge is 0.335 e. The van der Waals surface area contributed by atoms with Gasteiger partial charge in [-0.05, 0) is 56.4 Å². The third kappa shape index (κ3) is 4.38. The third-order valence-electron chi connectivity index (χ3n) is 6.56. The summed E-state index contributed by atoms with van der Waals surface area (Å²) in [5, 5.41) is 0.987. The summed E-state index contributed by atoms with van der Waals surface area (Å²) >= 11 is 1.24. The molecule has 1 atom stereocenters. The first-order valence-corrected chi connectivity index (χ1v) is 14.3. The molecular formula is C25H27N3O4S2. The van der Waals surface area contributed by atoms with Crippen LogP contribution in [0.4, 0.5) is 0 Å². The summed E-state index contributed by atoms with van der Waals surface area (Å²) in [6, 6.07) is 13.0. The maximum Gasteiger partial charge on any atom is 0.266 e. The van der Waals surface area contributed by atoms with Crippen LogP contribution in [0.3, 0.4) is 0 Å². The maximum absolute atomic E-state index is 13.6. The number of fused-ring (bicyclic) bond motifs is 1. The smallest absolute Gasteiger partial charge is 0.266 e. The van der Waals surface area contributed by atoms with E-state index in [1.54, 1.807) is 21.6 Å². The normalized spacial score (nSPS) is 19.4. The first kappa shape index (κ1) is 23.1. The summed E-state index contributed by atoms with van der Waals surface area (Å²) in [5.41, 5.74) is 3.10. The van der Waals surface area contributed by atoms with Gasteiger partial charge in [0.15, 0.2) is 15.0 Å². The number of carbonyl (C=O) groups is 1. The molecule has 2 heterocycles. The van der Waals surface area contributed by atoms with Gasteiger partial charge in [-0.3, -0.25) is 14.2 Å². The average molecular weight is 498 g/mol. The number of para-hydroxylation sites is 2. The molecule has 5 rings (SSSR count). The first-order chi connectivity index (χ1) is 16.2. The SMILES string of the molecule is Cc1cccc(C)c1-n1c(SCC(=O)N(C2CC2)C2CCS(=O)(=O)C2)nc2ccccc2c1=O. The van der Waals surface area contributed by atoms with E-state index in [2.05, 4.69) is 0 Å². The van der Waals surface area contributed by atoms with Crippen molar-refractivity contribution in [3.05, 3.63) is 63.9 Å². The molecule has 2 aromatic carbocycles. The summed E-state index contributed by atoms with van der Waals surface area (Å²) in [6.07, 6.45) is 2.32. The average Bonchev–Trinajstić information content (AvgIpc) is 3.56. The molecule has 0 radical (unpaired) electrons. The molecule has 0 spiro atoms. The number of thioether (sulfide) groups is 1. The summed E-state index contributed by atoms with van der Waals surface area (Å²) in [5.74, 6) is 0.189. The number of hydrogen-bond acceptors (Lipinski definition) is 6. The fraction of sp³-hybridized carbons (Fsp3) is 0.400. The minimum Gasteiger partial charge on any atom is -0.335 e. The molecule has 0 bridgehead atoms. The van der Waals surface area contributed by atoms with Gasteiger partial charge in [0.25, 0.3) is 5.56 Å². The van der Waals surface area contributed by atoms with Gasteiger partial charge in [-0.25, -0.2) is 13.4 Å². The number of sulfone groups is 1. The second-order valence-electron chi connectivity index (χ2n) is 9.17. The van der Waals surface area contributed by atoms with Crippen molar-refractivity contribution in [2.45, 2.75) is 50.4 Å². The van der Waals surface area contributed by atoms with Crippen LogP contribution in [0, 0.1) is 13.8 Å². The number of benzene rings is 2. The molecule has 1 aliphatic heterocycles. The lowest BCUT2D eigenvalue weighted by molar-refractivity contribution is -0.130. The molecule has 0 N–H and O–H groups in total. The van der Waals surface area contributed by atoms with Crippen LogP contribution in [-0.2, 0) is 14.6 Å². The number of carbonyl (C=O) groups excluding carboxylic acids is 1. The van der Waals surface area contributed by atoms with Crippen LogP contribution in [0.2, 0.25) is 0 Å². The summed E-state index contributed by atoms with van der Waals surface area (Å²) < 4.78 is 25.7. The zero-order chi connectivity index (χ0) is 24.0. The van der Waals surface area contributed by atoms with Crippen molar-refractivity contribution in [3.63, 3.8) is 0 Å². The number of aromatic nitrogens is 2. The minimum absolute atomic E-state index is 0.0429. The second-order valence-corrected chi connectivity index (χ2v) is 12.3. The first-order valence-electron chi connectivity index (χ1n) is 11.5. The monoisotopic (exact) mass is 497 g/mol. The van der Waals surface area contributed by atoms with Gasteiger partial charge in [0.2, 0.25) is 5.91 Å². The molecule has 1 saturated carbocycles. The number of hydrogen-bond donors (Lipinski definition) is 0. The Kier molecular flexibility index (Phi) is 6.02. The van der Waals surface area contributed by atoms with Crippen LogP contribution in [0.1, 0.15) is 30.4 Å². The molecule has 1 aromatic heterocycles. The molecule has 1 saturated heterocycles. The van der Waals surface area contributed by atoms with Gasteiger partial charge in [0.05, 0.1) is 33.8 Å². The molecule has 178 valence electrons. The van der Waals surface area contributed by atoms with Gasteiger partial charge in [-0.2, -0.15) is 0 Å². The summed E-state index contributed by atoms with van der Waals surface area (Å²) in [7, 11) is -3.09. The second kappa shape index (κ2) is 8.85. The highest BCUT2D eigenvalue weighted by atomic mass is 32.2. The highest BCUT2D eigenvalue weighted by Gasteiger charge is 2.42. The van der Waals surface area contributed by atoms with Gasteiger partial charge in [0.1, 0.15) is 0 Å². The highest BCUT2D eigenvalue weighted by molar-refractivity contribution is 7.99. The molecule has 1 aliphatic carbocycles. The Morgan fingerprint density at radius 2 is 1.76 bits per heavy atom. The van der Waals surface area contributed by atoms with Crippen molar-refractivity contribution < 1.29 is 13.2 Å². The van der Waals surface area contributed by atoms with Crippen LogP contribution >= 0.6 is 11.8 Å². The maximum atomic E-state index is 13.6. The van der Waals surface area contributed by atoms with Crippen molar-refractivity contribution in [1.82, 2.24) is 14.5 Å². The van der Waals surface area contributed by atoms with E-state index in [0.717, 1.165) is 29.7 Å². The van der Waals surface area contributed by atoms with Crippen LogP contribution in [0.15, 0.2) is 52.4 Å². The molecule has 2 aliphatic rings. The molecule has 1 unspecified atom stereocenters. The molecule has 3 aromatic rings. The lowest BCUT2D eigenvalue weighted by Gasteiger charge is -2.28. The molecule has 9 heteroatoms. The van der Waals surface area contributed by atoms with Gasteiger partial charge in [-0.15, -0.1) is 0 Å². The Morgan fingerprint density at radius 1 is 1.06 bits per heavy atom. The van der Waals surface area contributed by atoms with Crippen LogP contribution < -0.4 is 5.56 Å². The van der Waals surface area contributed by atoms with Crippen LogP contribution in [-0.4, -0.2) is 58.1 Å².